The van der Waals surface area contributed by atoms with Crippen LogP contribution in [0.25, 0.3) is 10.8 Å². The van der Waals surface area contributed by atoms with E-state index >= 15 is 0 Å². The Labute approximate surface area is 141 Å². The number of hydrogen-bond donors (Lipinski definition) is 2. The van der Waals surface area contributed by atoms with Crippen LogP contribution in [-0.2, 0) is 0 Å². The smallest absolute Gasteiger partial charge is 0.270 e. The van der Waals surface area contributed by atoms with Gasteiger partial charge in [-0.1, -0.05) is 24.3 Å². The van der Waals surface area contributed by atoms with Gasteiger partial charge < -0.3 is 10.6 Å². The number of carbonyl (C=O) groups is 1. The van der Waals surface area contributed by atoms with E-state index in [4.69, 9.17) is 0 Å². The zero-order valence-electron chi connectivity index (χ0n) is 12.0. The highest BCUT2D eigenvalue weighted by molar-refractivity contribution is 5.96. The van der Waals surface area contributed by atoms with Gasteiger partial charge >= 0.3 is 0 Å². The molecule has 3 heterocycles. The first-order valence-corrected chi connectivity index (χ1v) is 7.21. The zero-order valence-corrected chi connectivity index (χ0v) is 13.6. The van der Waals surface area contributed by atoms with Gasteiger partial charge in [-0.05, 0) is 30.7 Å². The average molecular weight is 340 g/mol. The fourth-order valence-corrected chi connectivity index (χ4v) is 3.43. The number of rotatable bonds is 2. The lowest BCUT2D eigenvalue weighted by molar-refractivity contribution is 0.0926. The van der Waals surface area contributed by atoms with E-state index in [1.165, 1.54) is 12.8 Å². The number of halogens is 2. The molecule has 2 N–H and O–H groups in total. The molecule has 1 aromatic carbocycles. The summed E-state index contributed by atoms with van der Waals surface area (Å²) in [7, 11) is 0. The summed E-state index contributed by atoms with van der Waals surface area (Å²) >= 11 is 0. The Morgan fingerprint density at radius 3 is 2.64 bits per heavy atom. The molecule has 2 unspecified atom stereocenters. The molecule has 2 saturated heterocycles. The van der Waals surface area contributed by atoms with E-state index in [0.29, 0.717) is 17.8 Å². The normalized spacial score (nSPS) is 25.4. The number of fused-ring (bicyclic) bond motifs is 3. The molecule has 1 aromatic heterocycles. The molecular weight excluding hydrogens is 321 g/mol. The van der Waals surface area contributed by atoms with Gasteiger partial charge in [-0.15, -0.1) is 24.8 Å². The van der Waals surface area contributed by atoms with Crippen molar-refractivity contribution in [2.75, 3.05) is 0 Å². The quantitative estimate of drug-likeness (QED) is 0.884. The van der Waals surface area contributed by atoms with Crippen molar-refractivity contribution in [2.45, 2.75) is 37.4 Å². The molecule has 2 aliphatic rings. The SMILES string of the molecule is Cl.Cl.O=C(N[C@@H]1CC2CCC1N2)c1cc2ccccc2cn1. The largest absolute Gasteiger partial charge is 0.346 e. The van der Waals surface area contributed by atoms with Gasteiger partial charge in [0.25, 0.3) is 5.91 Å². The Morgan fingerprint density at radius 1 is 1.18 bits per heavy atom. The van der Waals surface area contributed by atoms with Gasteiger partial charge in [0.05, 0.1) is 0 Å². The molecule has 0 aliphatic carbocycles. The van der Waals surface area contributed by atoms with E-state index in [9.17, 15) is 4.79 Å². The molecule has 2 bridgehead atoms. The average Bonchev–Trinajstić information content (AvgIpc) is 3.09. The predicted molar refractivity (Wildman–Crippen MR) is 92.1 cm³/mol. The molecule has 4 rings (SSSR count). The number of nitrogens with one attached hydrogen (secondary N) is 2. The highest BCUT2D eigenvalue weighted by atomic mass is 35.5. The summed E-state index contributed by atoms with van der Waals surface area (Å²) in [6, 6.07) is 11.1. The van der Waals surface area contributed by atoms with Crippen molar-refractivity contribution in [1.29, 1.82) is 0 Å². The molecule has 118 valence electrons. The maximum atomic E-state index is 12.3. The Kier molecular flexibility index (Phi) is 5.27. The van der Waals surface area contributed by atoms with Crippen LogP contribution in [0.2, 0.25) is 0 Å². The van der Waals surface area contributed by atoms with Crippen LogP contribution in [-0.4, -0.2) is 29.0 Å². The van der Waals surface area contributed by atoms with Crippen LogP contribution in [0.1, 0.15) is 29.8 Å². The second kappa shape index (κ2) is 6.82. The lowest BCUT2D eigenvalue weighted by Gasteiger charge is -2.21. The standard InChI is InChI=1S/C16H17N3O.2ClH/c20-16(19-14-8-12-5-6-13(14)18-12)15-7-10-3-1-2-4-11(10)9-17-15;;/h1-4,7,9,12-14,18H,5-6,8H2,(H,19,20);2*1H/t12?,13?,14-;;/m1../s1. The van der Waals surface area contributed by atoms with E-state index in [0.717, 1.165) is 17.2 Å². The monoisotopic (exact) mass is 339 g/mol. The van der Waals surface area contributed by atoms with Crippen LogP contribution in [0.4, 0.5) is 0 Å². The van der Waals surface area contributed by atoms with Gasteiger partial charge in [0.2, 0.25) is 0 Å². The minimum atomic E-state index is -0.0601. The van der Waals surface area contributed by atoms with Crippen LogP contribution < -0.4 is 10.6 Å². The Hall–Kier alpha value is -1.36. The molecule has 2 aromatic rings. The van der Waals surface area contributed by atoms with E-state index in [1.807, 2.05) is 30.3 Å². The summed E-state index contributed by atoms with van der Waals surface area (Å²) in [5.41, 5.74) is 0.506. The van der Waals surface area contributed by atoms with Crippen molar-refractivity contribution in [3.8, 4) is 0 Å². The molecule has 6 heteroatoms. The number of hydrogen-bond acceptors (Lipinski definition) is 3. The molecule has 22 heavy (non-hydrogen) atoms. The summed E-state index contributed by atoms with van der Waals surface area (Å²) in [5.74, 6) is -0.0601. The molecule has 0 spiro atoms. The van der Waals surface area contributed by atoms with Crippen molar-refractivity contribution in [2.24, 2.45) is 0 Å². The molecule has 2 fully saturated rings. The summed E-state index contributed by atoms with van der Waals surface area (Å²) in [6.07, 6.45) is 5.22. The molecule has 2 aliphatic heterocycles. The van der Waals surface area contributed by atoms with Crippen LogP contribution in [0.15, 0.2) is 36.5 Å². The molecule has 0 saturated carbocycles. The van der Waals surface area contributed by atoms with Gasteiger partial charge in [0.15, 0.2) is 0 Å². The van der Waals surface area contributed by atoms with Crippen molar-refractivity contribution < 1.29 is 4.79 Å². The molecule has 4 nitrogen and oxygen atoms in total. The van der Waals surface area contributed by atoms with Gasteiger partial charge in [-0.25, -0.2) is 0 Å². The highest BCUT2D eigenvalue weighted by Gasteiger charge is 2.39. The molecule has 1 amide bonds. The van der Waals surface area contributed by atoms with Crippen molar-refractivity contribution >= 4 is 41.5 Å². The Balaban J connectivity index is 0.000000882. The third-order valence-electron chi connectivity index (χ3n) is 4.48. The van der Waals surface area contributed by atoms with Crippen LogP contribution in [0.3, 0.4) is 0 Å². The minimum Gasteiger partial charge on any atom is -0.346 e. The fraction of sp³-hybridized carbons (Fsp3) is 0.375. The Bertz CT molecular complexity index is 679. The van der Waals surface area contributed by atoms with Gasteiger partial charge in [-0.3, -0.25) is 9.78 Å². The number of amides is 1. The second-order valence-corrected chi connectivity index (χ2v) is 5.78. The number of carbonyl (C=O) groups excluding carboxylic acids is 1. The summed E-state index contributed by atoms with van der Waals surface area (Å²) in [4.78, 5) is 16.6. The minimum absolute atomic E-state index is 0. The molecular formula is C16H19Cl2N3O. The maximum absolute atomic E-state index is 12.3. The molecule has 0 radical (unpaired) electrons. The van der Waals surface area contributed by atoms with Gasteiger partial charge in [0, 0.05) is 29.7 Å². The first-order chi connectivity index (χ1) is 9.79. The number of benzene rings is 1. The van der Waals surface area contributed by atoms with Gasteiger partial charge in [-0.2, -0.15) is 0 Å². The third kappa shape index (κ3) is 3.05. The second-order valence-electron chi connectivity index (χ2n) is 5.78. The van der Waals surface area contributed by atoms with E-state index < -0.39 is 0 Å². The summed E-state index contributed by atoms with van der Waals surface area (Å²) < 4.78 is 0. The first-order valence-electron chi connectivity index (χ1n) is 7.21. The summed E-state index contributed by atoms with van der Waals surface area (Å²) in [6.45, 7) is 0. The lowest BCUT2D eigenvalue weighted by Crippen LogP contribution is -2.43. The fourth-order valence-electron chi connectivity index (χ4n) is 3.43. The number of nitrogens with zero attached hydrogens (tertiary/aromatic N) is 1. The van der Waals surface area contributed by atoms with E-state index in [1.54, 1.807) is 6.20 Å². The number of pyridine rings is 1. The van der Waals surface area contributed by atoms with Crippen molar-refractivity contribution in [3.63, 3.8) is 0 Å². The van der Waals surface area contributed by atoms with E-state index in [2.05, 4.69) is 15.6 Å². The van der Waals surface area contributed by atoms with Crippen molar-refractivity contribution in [1.82, 2.24) is 15.6 Å². The van der Waals surface area contributed by atoms with Crippen LogP contribution >= 0.6 is 24.8 Å². The molecule has 3 atom stereocenters. The Morgan fingerprint density at radius 2 is 1.95 bits per heavy atom. The van der Waals surface area contributed by atoms with Crippen LogP contribution in [0.5, 0.6) is 0 Å². The first kappa shape index (κ1) is 17.0. The summed E-state index contributed by atoms with van der Waals surface area (Å²) in [5, 5.41) is 8.77. The zero-order chi connectivity index (χ0) is 13.5. The predicted octanol–water partition coefficient (Wildman–Crippen LogP) is 2.70. The maximum Gasteiger partial charge on any atom is 0.270 e. The van der Waals surface area contributed by atoms with E-state index in [-0.39, 0.29) is 36.8 Å². The number of aromatic nitrogens is 1. The van der Waals surface area contributed by atoms with Gasteiger partial charge in [0.1, 0.15) is 5.69 Å². The topological polar surface area (TPSA) is 54.0 Å². The third-order valence-corrected chi connectivity index (χ3v) is 4.48. The lowest BCUT2D eigenvalue weighted by atomic mass is 9.95. The van der Waals surface area contributed by atoms with Crippen LogP contribution in [0, 0.1) is 0 Å². The highest BCUT2D eigenvalue weighted by Crippen LogP contribution is 2.28. The van der Waals surface area contributed by atoms with Crippen molar-refractivity contribution in [3.05, 3.63) is 42.2 Å².